The van der Waals surface area contributed by atoms with Gasteiger partial charge in [-0.25, -0.2) is 0 Å². The zero-order valence-electron chi connectivity index (χ0n) is 10.7. The molecule has 0 aliphatic heterocycles. The Bertz CT molecular complexity index is 480. The number of anilines is 1. The predicted molar refractivity (Wildman–Crippen MR) is 71.3 cm³/mol. The summed E-state index contributed by atoms with van der Waals surface area (Å²) in [5.74, 6) is 0. The van der Waals surface area contributed by atoms with Crippen molar-refractivity contribution < 1.29 is 0 Å². The fourth-order valence-electron chi connectivity index (χ4n) is 2.06. The minimum absolute atomic E-state index is 0.933. The molecule has 3 heteroatoms. The molecule has 1 N–H and O–H groups in total. The van der Waals surface area contributed by atoms with Crippen LogP contribution >= 0.6 is 0 Å². The molecule has 0 aliphatic carbocycles. The van der Waals surface area contributed by atoms with E-state index in [0.717, 1.165) is 13.0 Å². The van der Waals surface area contributed by atoms with Crippen LogP contribution in [-0.2, 0) is 13.5 Å². The van der Waals surface area contributed by atoms with Crippen molar-refractivity contribution in [2.45, 2.75) is 20.3 Å². The lowest BCUT2D eigenvalue weighted by atomic mass is 10.1. The molecule has 17 heavy (non-hydrogen) atoms. The SMILES string of the molecule is Cc1cc(C)cc(NCCc2ccnn2C)c1. The summed E-state index contributed by atoms with van der Waals surface area (Å²) in [6, 6.07) is 8.60. The number of aromatic nitrogens is 2. The highest BCUT2D eigenvalue weighted by molar-refractivity contribution is 5.48. The lowest BCUT2D eigenvalue weighted by Gasteiger charge is -2.08. The molecule has 2 aromatic rings. The number of aryl methyl sites for hydroxylation is 3. The Balaban J connectivity index is 1.92. The van der Waals surface area contributed by atoms with Crippen LogP contribution in [0.3, 0.4) is 0 Å². The van der Waals surface area contributed by atoms with Gasteiger partial charge in [0.05, 0.1) is 0 Å². The van der Waals surface area contributed by atoms with E-state index in [-0.39, 0.29) is 0 Å². The fraction of sp³-hybridized carbons (Fsp3) is 0.357. The molecule has 0 saturated heterocycles. The van der Waals surface area contributed by atoms with E-state index in [4.69, 9.17) is 0 Å². The first-order chi connectivity index (χ1) is 8.15. The van der Waals surface area contributed by atoms with E-state index < -0.39 is 0 Å². The largest absolute Gasteiger partial charge is 0.385 e. The van der Waals surface area contributed by atoms with Gasteiger partial charge in [-0.05, 0) is 43.2 Å². The van der Waals surface area contributed by atoms with Gasteiger partial charge in [-0.15, -0.1) is 0 Å². The van der Waals surface area contributed by atoms with Crippen LogP contribution in [0, 0.1) is 13.8 Å². The first-order valence-corrected chi connectivity index (χ1v) is 5.94. The van der Waals surface area contributed by atoms with E-state index in [9.17, 15) is 0 Å². The van der Waals surface area contributed by atoms with Gasteiger partial charge >= 0.3 is 0 Å². The van der Waals surface area contributed by atoms with Gasteiger partial charge in [-0.1, -0.05) is 6.07 Å². The summed E-state index contributed by atoms with van der Waals surface area (Å²) < 4.78 is 1.92. The number of hydrogen-bond donors (Lipinski definition) is 1. The van der Waals surface area contributed by atoms with E-state index in [0.29, 0.717) is 0 Å². The Hall–Kier alpha value is -1.77. The summed E-state index contributed by atoms with van der Waals surface area (Å²) in [7, 11) is 1.98. The van der Waals surface area contributed by atoms with Crippen molar-refractivity contribution in [2.24, 2.45) is 7.05 Å². The topological polar surface area (TPSA) is 29.9 Å². The molecule has 2 rings (SSSR count). The first kappa shape index (κ1) is 11.7. The maximum atomic E-state index is 4.16. The molecule has 0 spiro atoms. The van der Waals surface area contributed by atoms with Gasteiger partial charge in [0, 0.05) is 37.6 Å². The lowest BCUT2D eigenvalue weighted by Crippen LogP contribution is -2.08. The average molecular weight is 229 g/mol. The smallest absolute Gasteiger partial charge is 0.0492 e. The summed E-state index contributed by atoms with van der Waals surface area (Å²) >= 11 is 0. The molecular formula is C14H19N3. The third kappa shape index (κ3) is 3.09. The van der Waals surface area contributed by atoms with Crippen molar-refractivity contribution in [3.63, 3.8) is 0 Å². The quantitative estimate of drug-likeness (QED) is 0.873. The third-order valence-corrected chi connectivity index (χ3v) is 2.85. The van der Waals surface area contributed by atoms with Crippen LogP contribution in [0.15, 0.2) is 30.5 Å². The monoisotopic (exact) mass is 229 g/mol. The van der Waals surface area contributed by atoms with E-state index in [1.807, 2.05) is 17.9 Å². The maximum absolute atomic E-state index is 4.16. The second-order valence-corrected chi connectivity index (χ2v) is 4.50. The Morgan fingerprint density at radius 2 is 1.88 bits per heavy atom. The summed E-state index contributed by atoms with van der Waals surface area (Å²) in [5.41, 5.74) is 5.05. The van der Waals surface area contributed by atoms with Crippen LogP contribution in [0.4, 0.5) is 5.69 Å². The highest BCUT2D eigenvalue weighted by Gasteiger charge is 1.99. The highest BCUT2D eigenvalue weighted by Crippen LogP contribution is 2.13. The summed E-state index contributed by atoms with van der Waals surface area (Å²) in [6.07, 6.45) is 2.83. The van der Waals surface area contributed by atoms with Crippen molar-refractivity contribution in [3.05, 3.63) is 47.3 Å². The molecule has 0 amide bonds. The molecule has 0 unspecified atom stereocenters. The number of rotatable bonds is 4. The van der Waals surface area contributed by atoms with E-state index in [2.05, 4.69) is 48.5 Å². The number of nitrogens with one attached hydrogen (secondary N) is 1. The second kappa shape index (κ2) is 5.04. The van der Waals surface area contributed by atoms with Gasteiger partial charge in [-0.2, -0.15) is 5.10 Å². The molecule has 0 aliphatic rings. The van der Waals surface area contributed by atoms with E-state index >= 15 is 0 Å². The third-order valence-electron chi connectivity index (χ3n) is 2.85. The van der Waals surface area contributed by atoms with Crippen LogP contribution in [0.25, 0.3) is 0 Å². The Morgan fingerprint density at radius 3 is 2.47 bits per heavy atom. The molecule has 0 radical (unpaired) electrons. The molecule has 0 fully saturated rings. The van der Waals surface area contributed by atoms with Gasteiger partial charge in [0.15, 0.2) is 0 Å². The molecule has 0 atom stereocenters. The Labute approximate surface area is 102 Å². The van der Waals surface area contributed by atoms with Gasteiger partial charge in [0.25, 0.3) is 0 Å². The average Bonchev–Trinajstić information content (AvgIpc) is 2.63. The molecule has 0 bridgehead atoms. The van der Waals surface area contributed by atoms with Crippen molar-refractivity contribution in [3.8, 4) is 0 Å². The van der Waals surface area contributed by atoms with Gasteiger partial charge < -0.3 is 5.32 Å². The Kier molecular flexibility index (Phi) is 3.47. The van der Waals surface area contributed by atoms with Gasteiger partial charge in [0.1, 0.15) is 0 Å². The van der Waals surface area contributed by atoms with Crippen molar-refractivity contribution in [1.29, 1.82) is 0 Å². The summed E-state index contributed by atoms with van der Waals surface area (Å²) in [4.78, 5) is 0. The summed E-state index contributed by atoms with van der Waals surface area (Å²) in [5, 5.41) is 7.61. The maximum Gasteiger partial charge on any atom is 0.0492 e. The van der Waals surface area contributed by atoms with Crippen LogP contribution in [0.5, 0.6) is 0 Å². The minimum atomic E-state index is 0.933. The van der Waals surface area contributed by atoms with Crippen LogP contribution in [0.2, 0.25) is 0 Å². The molecule has 0 saturated carbocycles. The first-order valence-electron chi connectivity index (χ1n) is 5.94. The fourth-order valence-corrected chi connectivity index (χ4v) is 2.06. The van der Waals surface area contributed by atoms with Crippen molar-refractivity contribution >= 4 is 5.69 Å². The Morgan fingerprint density at radius 1 is 1.18 bits per heavy atom. The molecule has 1 aromatic carbocycles. The second-order valence-electron chi connectivity index (χ2n) is 4.50. The molecule has 1 heterocycles. The van der Waals surface area contributed by atoms with Crippen molar-refractivity contribution in [2.75, 3.05) is 11.9 Å². The lowest BCUT2D eigenvalue weighted by molar-refractivity contribution is 0.711. The zero-order valence-corrected chi connectivity index (χ0v) is 10.7. The van der Waals surface area contributed by atoms with Gasteiger partial charge in [-0.3, -0.25) is 4.68 Å². The van der Waals surface area contributed by atoms with Gasteiger partial charge in [0.2, 0.25) is 0 Å². The zero-order chi connectivity index (χ0) is 12.3. The van der Waals surface area contributed by atoms with Crippen LogP contribution in [0.1, 0.15) is 16.8 Å². The normalized spacial score (nSPS) is 10.5. The van der Waals surface area contributed by atoms with Crippen molar-refractivity contribution in [1.82, 2.24) is 9.78 Å². The summed E-state index contributed by atoms with van der Waals surface area (Å²) in [6.45, 7) is 5.18. The minimum Gasteiger partial charge on any atom is -0.385 e. The van der Waals surface area contributed by atoms with Crippen LogP contribution < -0.4 is 5.32 Å². The standard InChI is InChI=1S/C14H19N3/c1-11-8-12(2)10-13(9-11)15-6-4-14-5-7-16-17(14)3/h5,7-10,15H,4,6H2,1-3H3. The van der Waals surface area contributed by atoms with Crippen LogP contribution in [-0.4, -0.2) is 16.3 Å². The number of hydrogen-bond acceptors (Lipinski definition) is 2. The number of nitrogens with zero attached hydrogens (tertiary/aromatic N) is 2. The predicted octanol–water partition coefficient (Wildman–Crippen LogP) is 2.69. The molecular weight excluding hydrogens is 210 g/mol. The highest BCUT2D eigenvalue weighted by atomic mass is 15.3. The molecule has 90 valence electrons. The molecule has 3 nitrogen and oxygen atoms in total. The number of benzene rings is 1. The molecule has 1 aromatic heterocycles. The van der Waals surface area contributed by atoms with E-state index in [1.165, 1.54) is 22.5 Å². The van der Waals surface area contributed by atoms with E-state index in [1.54, 1.807) is 0 Å².